The number of piperidine rings is 1. The average Bonchev–Trinajstić information content (AvgIpc) is 2.48. The summed E-state index contributed by atoms with van der Waals surface area (Å²) in [6.45, 7) is 5.44. The third kappa shape index (κ3) is 4.99. The minimum Gasteiger partial charge on any atom is -0.354 e. The lowest BCUT2D eigenvalue weighted by Gasteiger charge is -2.32. The number of rotatable bonds is 5. The Morgan fingerprint density at radius 2 is 2.10 bits per heavy atom. The molecule has 0 aromatic heterocycles. The van der Waals surface area contributed by atoms with Gasteiger partial charge < -0.3 is 11.1 Å². The predicted molar refractivity (Wildman–Crippen MR) is 86.1 cm³/mol. The van der Waals surface area contributed by atoms with Crippen molar-refractivity contribution in [2.24, 2.45) is 11.7 Å². The number of hydrogen-bond acceptors (Lipinski definition) is 3. The van der Waals surface area contributed by atoms with E-state index in [1.54, 1.807) is 6.92 Å². The highest BCUT2D eigenvalue weighted by molar-refractivity contribution is 6.31. The maximum Gasteiger partial charge on any atom is 0.236 e. The van der Waals surface area contributed by atoms with E-state index in [1.807, 2.05) is 18.2 Å². The van der Waals surface area contributed by atoms with E-state index in [2.05, 4.69) is 16.3 Å². The van der Waals surface area contributed by atoms with Gasteiger partial charge in [-0.05, 0) is 50.4 Å². The molecule has 0 aliphatic carbocycles. The van der Waals surface area contributed by atoms with Gasteiger partial charge in [0.05, 0.1) is 6.04 Å². The van der Waals surface area contributed by atoms with Gasteiger partial charge in [-0.2, -0.15) is 0 Å². The molecule has 1 aliphatic rings. The van der Waals surface area contributed by atoms with Gasteiger partial charge in [0.25, 0.3) is 0 Å². The largest absolute Gasteiger partial charge is 0.354 e. The molecular formula is C16H24ClN3O. The summed E-state index contributed by atoms with van der Waals surface area (Å²) in [5.41, 5.74) is 6.72. The Hall–Kier alpha value is -1.10. The normalized spacial score (nSPS) is 18.4. The lowest BCUT2D eigenvalue weighted by Crippen LogP contribution is -2.43. The van der Waals surface area contributed by atoms with Crippen molar-refractivity contribution in [2.45, 2.75) is 32.4 Å². The summed E-state index contributed by atoms with van der Waals surface area (Å²) in [5, 5.41) is 3.76. The van der Waals surface area contributed by atoms with Crippen LogP contribution in [0, 0.1) is 5.92 Å². The summed E-state index contributed by atoms with van der Waals surface area (Å²) < 4.78 is 0. The van der Waals surface area contributed by atoms with Crippen LogP contribution >= 0.6 is 11.6 Å². The molecule has 0 spiro atoms. The molecule has 2 rings (SSSR count). The van der Waals surface area contributed by atoms with Gasteiger partial charge in [0.2, 0.25) is 5.91 Å². The fourth-order valence-corrected chi connectivity index (χ4v) is 2.82. The number of carbonyl (C=O) groups is 1. The third-order valence-corrected chi connectivity index (χ3v) is 4.41. The maximum atomic E-state index is 11.5. The number of nitrogens with two attached hydrogens (primary N) is 1. The summed E-state index contributed by atoms with van der Waals surface area (Å²) in [6, 6.07) is 7.58. The van der Waals surface area contributed by atoms with Crippen molar-refractivity contribution in [2.75, 3.05) is 19.6 Å². The zero-order valence-corrected chi connectivity index (χ0v) is 13.3. The summed E-state index contributed by atoms with van der Waals surface area (Å²) in [6.07, 6.45) is 2.20. The second kappa shape index (κ2) is 7.78. The van der Waals surface area contributed by atoms with Crippen LogP contribution in [-0.4, -0.2) is 36.5 Å². The van der Waals surface area contributed by atoms with E-state index in [1.165, 1.54) is 5.56 Å². The number of carbonyl (C=O) groups excluding carboxylic acids is 1. The van der Waals surface area contributed by atoms with Crippen molar-refractivity contribution in [1.82, 2.24) is 10.2 Å². The fraction of sp³-hybridized carbons (Fsp3) is 0.562. The van der Waals surface area contributed by atoms with Gasteiger partial charge in [0.1, 0.15) is 0 Å². The quantitative estimate of drug-likeness (QED) is 0.875. The summed E-state index contributed by atoms with van der Waals surface area (Å²) in [5.74, 6) is 0.490. The van der Waals surface area contributed by atoms with Crippen LogP contribution in [0.2, 0.25) is 5.02 Å². The number of nitrogens with one attached hydrogen (secondary N) is 1. The standard InChI is InChI=1S/C16H24ClN3O/c1-12(18)16(21)19-10-13-6-8-20(9-7-13)11-14-4-2-3-5-15(14)17/h2-5,12-13H,6-11,18H2,1H3,(H,19,21)/t12-/m1/s1. The van der Waals surface area contributed by atoms with Gasteiger partial charge in [0.15, 0.2) is 0 Å². The lowest BCUT2D eigenvalue weighted by atomic mass is 9.96. The Balaban J connectivity index is 1.73. The second-order valence-corrected chi connectivity index (χ2v) is 6.25. The van der Waals surface area contributed by atoms with Gasteiger partial charge in [0, 0.05) is 18.1 Å². The Kier molecular flexibility index (Phi) is 6.03. The molecule has 0 unspecified atom stereocenters. The molecule has 1 aromatic carbocycles. The molecule has 5 heteroatoms. The van der Waals surface area contributed by atoms with Crippen LogP contribution in [-0.2, 0) is 11.3 Å². The van der Waals surface area contributed by atoms with Crippen LogP contribution in [0.3, 0.4) is 0 Å². The number of hydrogen-bond donors (Lipinski definition) is 2. The van der Waals surface area contributed by atoms with Crippen LogP contribution in [0.4, 0.5) is 0 Å². The van der Waals surface area contributed by atoms with E-state index >= 15 is 0 Å². The molecule has 1 saturated heterocycles. The SMILES string of the molecule is C[C@@H](N)C(=O)NCC1CCN(Cc2ccccc2Cl)CC1. The molecule has 1 aliphatic heterocycles. The van der Waals surface area contributed by atoms with Gasteiger partial charge in [-0.25, -0.2) is 0 Å². The van der Waals surface area contributed by atoms with Crippen LogP contribution in [0.25, 0.3) is 0 Å². The molecule has 4 nitrogen and oxygen atoms in total. The molecule has 0 saturated carbocycles. The van der Waals surface area contributed by atoms with E-state index < -0.39 is 6.04 Å². The first kappa shape index (κ1) is 16.3. The summed E-state index contributed by atoms with van der Waals surface area (Å²) in [4.78, 5) is 13.9. The average molecular weight is 310 g/mol. The van der Waals surface area contributed by atoms with Crippen LogP contribution in [0.15, 0.2) is 24.3 Å². The Morgan fingerprint density at radius 1 is 1.43 bits per heavy atom. The highest BCUT2D eigenvalue weighted by Gasteiger charge is 2.20. The van der Waals surface area contributed by atoms with Crippen molar-refractivity contribution in [3.05, 3.63) is 34.9 Å². The molecule has 1 amide bonds. The predicted octanol–water partition coefficient (Wildman–Crippen LogP) is 2.02. The van der Waals surface area contributed by atoms with Gasteiger partial charge >= 0.3 is 0 Å². The van der Waals surface area contributed by atoms with Gasteiger partial charge in [-0.1, -0.05) is 29.8 Å². The van der Waals surface area contributed by atoms with Crippen molar-refractivity contribution in [3.63, 3.8) is 0 Å². The molecule has 21 heavy (non-hydrogen) atoms. The summed E-state index contributed by atoms with van der Waals surface area (Å²) in [7, 11) is 0. The van der Waals surface area contributed by atoms with E-state index in [0.717, 1.165) is 44.0 Å². The van der Waals surface area contributed by atoms with Crippen molar-refractivity contribution >= 4 is 17.5 Å². The Morgan fingerprint density at radius 3 is 2.71 bits per heavy atom. The van der Waals surface area contributed by atoms with Crippen LogP contribution in [0.1, 0.15) is 25.3 Å². The second-order valence-electron chi connectivity index (χ2n) is 5.84. The van der Waals surface area contributed by atoms with Crippen molar-refractivity contribution in [1.29, 1.82) is 0 Å². The topological polar surface area (TPSA) is 58.4 Å². The first-order valence-corrected chi connectivity index (χ1v) is 7.93. The molecule has 0 radical (unpaired) electrons. The smallest absolute Gasteiger partial charge is 0.236 e. The van der Waals surface area contributed by atoms with Gasteiger partial charge in [-0.15, -0.1) is 0 Å². The van der Waals surface area contributed by atoms with E-state index in [4.69, 9.17) is 17.3 Å². The van der Waals surface area contributed by atoms with Crippen molar-refractivity contribution < 1.29 is 4.79 Å². The Bertz CT molecular complexity index is 470. The first-order chi connectivity index (χ1) is 10.1. The molecule has 1 heterocycles. The first-order valence-electron chi connectivity index (χ1n) is 7.55. The van der Waals surface area contributed by atoms with Crippen molar-refractivity contribution in [3.8, 4) is 0 Å². The zero-order valence-electron chi connectivity index (χ0n) is 12.5. The molecule has 1 atom stereocenters. The lowest BCUT2D eigenvalue weighted by molar-refractivity contribution is -0.122. The molecule has 1 fully saturated rings. The van der Waals surface area contributed by atoms with Crippen LogP contribution < -0.4 is 11.1 Å². The Labute approximate surface area is 131 Å². The number of nitrogens with zero attached hydrogens (tertiary/aromatic N) is 1. The third-order valence-electron chi connectivity index (χ3n) is 4.04. The van der Waals surface area contributed by atoms with Gasteiger partial charge in [-0.3, -0.25) is 9.69 Å². The molecular weight excluding hydrogens is 286 g/mol. The highest BCUT2D eigenvalue weighted by atomic mass is 35.5. The number of halogens is 1. The van der Waals surface area contributed by atoms with Crippen LogP contribution in [0.5, 0.6) is 0 Å². The highest BCUT2D eigenvalue weighted by Crippen LogP contribution is 2.21. The zero-order chi connectivity index (χ0) is 15.2. The fourth-order valence-electron chi connectivity index (χ4n) is 2.62. The minimum atomic E-state index is -0.426. The number of likely N-dealkylation sites (tertiary alicyclic amines) is 1. The number of benzene rings is 1. The monoisotopic (exact) mass is 309 g/mol. The minimum absolute atomic E-state index is 0.0616. The molecule has 3 N–H and O–H groups in total. The summed E-state index contributed by atoms with van der Waals surface area (Å²) >= 11 is 6.20. The molecule has 1 aromatic rings. The van der Waals surface area contributed by atoms with E-state index in [9.17, 15) is 4.79 Å². The molecule has 0 bridgehead atoms. The molecule has 116 valence electrons. The maximum absolute atomic E-state index is 11.5. The van der Waals surface area contributed by atoms with E-state index in [0.29, 0.717) is 5.92 Å². The number of amides is 1. The van der Waals surface area contributed by atoms with E-state index in [-0.39, 0.29) is 5.91 Å².